The Morgan fingerprint density at radius 2 is 1.76 bits per heavy atom. The average Bonchev–Trinajstić information content (AvgIpc) is 2.24. The lowest BCUT2D eigenvalue weighted by molar-refractivity contribution is 0.347. The third kappa shape index (κ3) is 5.31. The largest absolute Gasteiger partial charge is 0.313 e. The molecule has 1 rings (SSSR count). The second-order valence-corrected chi connectivity index (χ2v) is 5.85. The molecule has 1 aromatic carbocycles. The van der Waals surface area contributed by atoms with Gasteiger partial charge in [-0.05, 0) is 43.0 Å². The van der Waals surface area contributed by atoms with Gasteiger partial charge in [0.15, 0.2) is 0 Å². The Kier molecular flexibility index (Phi) is 5.13. The van der Waals surface area contributed by atoms with Crippen LogP contribution in [0.15, 0.2) is 24.3 Å². The fourth-order valence-corrected chi connectivity index (χ4v) is 2.01. The zero-order valence-corrected chi connectivity index (χ0v) is 11.4. The molecule has 17 heavy (non-hydrogen) atoms. The van der Waals surface area contributed by atoms with E-state index in [0.717, 1.165) is 6.42 Å². The number of hydrogen-bond acceptors (Lipinski definition) is 1. The molecule has 1 unspecified atom stereocenters. The van der Waals surface area contributed by atoms with Crippen LogP contribution < -0.4 is 5.32 Å². The summed E-state index contributed by atoms with van der Waals surface area (Å²) < 4.78 is 12.8. The van der Waals surface area contributed by atoms with E-state index in [1.165, 1.54) is 30.5 Å². The van der Waals surface area contributed by atoms with Crippen LogP contribution in [0.25, 0.3) is 0 Å². The molecule has 1 nitrogen and oxygen atoms in total. The first kappa shape index (κ1) is 14.2. The molecule has 0 spiro atoms. The molecule has 0 heterocycles. The summed E-state index contributed by atoms with van der Waals surface area (Å²) in [5.41, 5.74) is 1.56. The maximum Gasteiger partial charge on any atom is 0.123 e. The van der Waals surface area contributed by atoms with Gasteiger partial charge in [-0.2, -0.15) is 0 Å². The summed E-state index contributed by atoms with van der Waals surface area (Å²) in [7, 11) is 1.96. The van der Waals surface area contributed by atoms with Crippen molar-refractivity contribution in [2.45, 2.75) is 46.1 Å². The van der Waals surface area contributed by atoms with E-state index in [1.807, 2.05) is 19.2 Å². The van der Waals surface area contributed by atoms with Crippen molar-refractivity contribution in [2.75, 3.05) is 7.05 Å². The van der Waals surface area contributed by atoms with Crippen LogP contribution in [0, 0.1) is 11.2 Å². The smallest absolute Gasteiger partial charge is 0.123 e. The SMILES string of the molecule is CNC(CCCC(C)(C)C)c1ccc(F)cc1. The molecule has 0 aromatic heterocycles. The lowest BCUT2D eigenvalue weighted by atomic mass is 9.88. The van der Waals surface area contributed by atoms with Gasteiger partial charge in [0.2, 0.25) is 0 Å². The minimum atomic E-state index is -0.168. The second-order valence-electron chi connectivity index (χ2n) is 5.85. The Bertz CT molecular complexity index is 324. The molecule has 0 amide bonds. The predicted molar refractivity (Wildman–Crippen MR) is 71.5 cm³/mol. The number of benzene rings is 1. The third-order valence-corrected chi connectivity index (χ3v) is 3.04. The number of hydrogen-bond donors (Lipinski definition) is 1. The van der Waals surface area contributed by atoms with Crippen LogP contribution in [0.1, 0.15) is 51.6 Å². The van der Waals surface area contributed by atoms with Gasteiger partial charge in [0, 0.05) is 6.04 Å². The molecule has 0 saturated heterocycles. The average molecular weight is 237 g/mol. The monoisotopic (exact) mass is 237 g/mol. The number of rotatable bonds is 5. The summed E-state index contributed by atoms with van der Waals surface area (Å²) >= 11 is 0. The predicted octanol–water partition coefficient (Wildman–Crippen LogP) is 4.30. The van der Waals surface area contributed by atoms with Crippen LogP contribution >= 0.6 is 0 Å². The van der Waals surface area contributed by atoms with E-state index in [1.54, 1.807) is 0 Å². The Morgan fingerprint density at radius 3 is 2.24 bits per heavy atom. The van der Waals surface area contributed by atoms with Crippen molar-refractivity contribution in [3.63, 3.8) is 0 Å². The highest BCUT2D eigenvalue weighted by molar-refractivity contribution is 5.19. The van der Waals surface area contributed by atoms with Crippen molar-refractivity contribution in [3.8, 4) is 0 Å². The fourth-order valence-electron chi connectivity index (χ4n) is 2.01. The highest BCUT2D eigenvalue weighted by Gasteiger charge is 2.13. The molecule has 0 aliphatic rings. The highest BCUT2D eigenvalue weighted by Crippen LogP contribution is 2.25. The third-order valence-electron chi connectivity index (χ3n) is 3.04. The topological polar surface area (TPSA) is 12.0 Å². The maximum atomic E-state index is 12.8. The summed E-state index contributed by atoms with van der Waals surface area (Å²) in [5, 5.41) is 3.30. The quantitative estimate of drug-likeness (QED) is 0.805. The zero-order chi connectivity index (χ0) is 12.9. The lowest BCUT2D eigenvalue weighted by Crippen LogP contribution is -2.17. The summed E-state index contributed by atoms with van der Waals surface area (Å²) in [6.45, 7) is 6.79. The van der Waals surface area contributed by atoms with E-state index in [4.69, 9.17) is 0 Å². The molecule has 1 atom stereocenters. The molecular weight excluding hydrogens is 213 g/mol. The van der Waals surface area contributed by atoms with Gasteiger partial charge in [-0.3, -0.25) is 0 Å². The van der Waals surface area contributed by atoms with Crippen molar-refractivity contribution < 1.29 is 4.39 Å². The van der Waals surface area contributed by atoms with Crippen LogP contribution in [0.2, 0.25) is 0 Å². The molecule has 96 valence electrons. The van der Waals surface area contributed by atoms with Gasteiger partial charge in [0.25, 0.3) is 0 Å². The van der Waals surface area contributed by atoms with Gasteiger partial charge in [-0.25, -0.2) is 4.39 Å². The van der Waals surface area contributed by atoms with E-state index in [0.29, 0.717) is 11.5 Å². The van der Waals surface area contributed by atoms with E-state index in [2.05, 4.69) is 26.1 Å². The maximum absolute atomic E-state index is 12.8. The Hall–Kier alpha value is -0.890. The van der Waals surface area contributed by atoms with Gasteiger partial charge in [0.05, 0.1) is 0 Å². The molecule has 1 aromatic rings. The number of nitrogens with one attached hydrogen (secondary N) is 1. The molecule has 0 fully saturated rings. The van der Waals surface area contributed by atoms with Crippen molar-refractivity contribution in [2.24, 2.45) is 5.41 Å². The first-order valence-corrected chi connectivity index (χ1v) is 6.35. The van der Waals surface area contributed by atoms with Crippen LogP contribution in [-0.2, 0) is 0 Å². The van der Waals surface area contributed by atoms with Gasteiger partial charge >= 0.3 is 0 Å². The molecule has 2 heteroatoms. The van der Waals surface area contributed by atoms with E-state index < -0.39 is 0 Å². The Labute approximate surface area is 104 Å². The van der Waals surface area contributed by atoms with Gasteiger partial charge < -0.3 is 5.32 Å². The summed E-state index contributed by atoms with van der Waals surface area (Å²) in [5.74, 6) is -0.168. The summed E-state index contributed by atoms with van der Waals surface area (Å²) in [4.78, 5) is 0. The summed E-state index contributed by atoms with van der Waals surface area (Å²) in [6, 6.07) is 7.13. The first-order chi connectivity index (χ1) is 7.92. The molecule has 0 aliphatic heterocycles. The minimum Gasteiger partial charge on any atom is -0.313 e. The second kappa shape index (κ2) is 6.15. The van der Waals surface area contributed by atoms with Crippen LogP contribution in [0.5, 0.6) is 0 Å². The Morgan fingerprint density at radius 1 is 1.18 bits per heavy atom. The molecule has 0 saturated carbocycles. The zero-order valence-electron chi connectivity index (χ0n) is 11.4. The molecular formula is C15H24FN. The van der Waals surface area contributed by atoms with Crippen molar-refractivity contribution in [1.29, 1.82) is 0 Å². The van der Waals surface area contributed by atoms with Gasteiger partial charge in [-0.1, -0.05) is 39.3 Å². The standard InChI is InChI=1S/C15H24FN/c1-15(2,3)11-5-6-14(17-4)12-7-9-13(16)10-8-12/h7-10,14,17H,5-6,11H2,1-4H3. The molecule has 0 bridgehead atoms. The van der Waals surface area contributed by atoms with Crippen LogP contribution in [0.3, 0.4) is 0 Å². The van der Waals surface area contributed by atoms with Crippen molar-refractivity contribution in [3.05, 3.63) is 35.6 Å². The molecule has 0 aliphatic carbocycles. The summed E-state index contributed by atoms with van der Waals surface area (Å²) in [6.07, 6.45) is 3.50. The minimum absolute atomic E-state index is 0.168. The lowest BCUT2D eigenvalue weighted by Gasteiger charge is -2.21. The van der Waals surface area contributed by atoms with E-state index >= 15 is 0 Å². The van der Waals surface area contributed by atoms with Gasteiger partial charge in [0.1, 0.15) is 5.82 Å². The van der Waals surface area contributed by atoms with E-state index in [-0.39, 0.29) is 5.82 Å². The fraction of sp³-hybridized carbons (Fsp3) is 0.600. The van der Waals surface area contributed by atoms with Crippen molar-refractivity contribution in [1.82, 2.24) is 5.32 Å². The molecule has 0 radical (unpaired) electrons. The Balaban J connectivity index is 2.51. The number of halogens is 1. The van der Waals surface area contributed by atoms with Crippen LogP contribution in [-0.4, -0.2) is 7.05 Å². The normalized spacial score (nSPS) is 13.7. The highest BCUT2D eigenvalue weighted by atomic mass is 19.1. The molecule has 1 N–H and O–H groups in total. The van der Waals surface area contributed by atoms with Crippen molar-refractivity contribution >= 4 is 0 Å². The van der Waals surface area contributed by atoms with Gasteiger partial charge in [-0.15, -0.1) is 0 Å². The first-order valence-electron chi connectivity index (χ1n) is 6.35. The van der Waals surface area contributed by atoms with E-state index in [9.17, 15) is 4.39 Å². The van der Waals surface area contributed by atoms with Crippen LogP contribution in [0.4, 0.5) is 4.39 Å².